The summed E-state index contributed by atoms with van der Waals surface area (Å²) in [6, 6.07) is 2.88. The lowest BCUT2D eigenvalue weighted by molar-refractivity contribution is -0.140. The molecule has 8 heteroatoms. The molecule has 2 aliphatic rings. The summed E-state index contributed by atoms with van der Waals surface area (Å²) in [4.78, 5) is 49.6. The van der Waals surface area contributed by atoms with Crippen molar-refractivity contribution in [3.05, 3.63) is 23.3 Å². The van der Waals surface area contributed by atoms with Crippen LogP contribution in [0.5, 0.6) is 0 Å². The molecule has 4 amide bonds. The number of carbonyl (C=O) groups excluding carboxylic acids is 4. The molecule has 0 radical (unpaired) electrons. The van der Waals surface area contributed by atoms with Gasteiger partial charge in [0, 0.05) is 17.8 Å². The highest BCUT2D eigenvalue weighted by Crippen LogP contribution is 2.38. The Morgan fingerprint density at radius 2 is 1.55 bits per heavy atom. The number of anilines is 2. The maximum atomic E-state index is 12.6. The lowest BCUT2D eigenvalue weighted by atomic mass is 9.89. The Kier molecular flexibility index (Phi) is 2.74. The van der Waals surface area contributed by atoms with Crippen LogP contribution < -0.4 is 16.8 Å². The first-order valence-corrected chi connectivity index (χ1v) is 6.68. The second-order valence-electron chi connectivity index (χ2n) is 5.59. The molecule has 114 valence electrons. The summed E-state index contributed by atoms with van der Waals surface area (Å²) in [5, 5.41) is 2.16. The number of carbonyl (C=O) groups is 4. The van der Waals surface area contributed by atoms with Gasteiger partial charge in [0.15, 0.2) is 0 Å². The molecule has 22 heavy (non-hydrogen) atoms. The summed E-state index contributed by atoms with van der Waals surface area (Å²) >= 11 is 0. The molecule has 0 aliphatic carbocycles. The van der Waals surface area contributed by atoms with E-state index < -0.39 is 29.2 Å². The molecule has 1 unspecified atom stereocenters. The number of fused-ring (bicyclic) bond motifs is 1. The van der Waals surface area contributed by atoms with E-state index in [4.69, 9.17) is 11.5 Å². The number of piperidine rings is 1. The van der Waals surface area contributed by atoms with Gasteiger partial charge in [0.25, 0.3) is 17.7 Å². The third-order valence-corrected chi connectivity index (χ3v) is 4.18. The number of nitrogens with two attached hydrogens (primary N) is 2. The third-order valence-electron chi connectivity index (χ3n) is 4.18. The van der Waals surface area contributed by atoms with E-state index in [-0.39, 0.29) is 35.3 Å². The van der Waals surface area contributed by atoms with Gasteiger partial charge in [-0.25, -0.2) is 0 Å². The van der Waals surface area contributed by atoms with Crippen molar-refractivity contribution in [1.29, 1.82) is 0 Å². The van der Waals surface area contributed by atoms with Crippen molar-refractivity contribution in [2.75, 3.05) is 11.5 Å². The van der Waals surface area contributed by atoms with Gasteiger partial charge in [-0.3, -0.25) is 29.4 Å². The average Bonchev–Trinajstić information content (AvgIpc) is 2.72. The van der Waals surface area contributed by atoms with Crippen LogP contribution in [0.15, 0.2) is 12.1 Å². The molecule has 1 aromatic rings. The Hall–Kier alpha value is -2.90. The van der Waals surface area contributed by atoms with Crippen molar-refractivity contribution in [1.82, 2.24) is 10.2 Å². The second kappa shape index (κ2) is 4.30. The minimum absolute atomic E-state index is 0.0101. The molecule has 1 saturated heterocycles. The van der Waals surface area contributed by atoms with Gasteiger partial charge >= 0.3 is 0 Å². The predicted molar refractivity (Wildman–Crippen MR) is 76.6 cm³/mol. The molecule has 0 saturated carbocycles. The molecule has 0 aromatic heterocycles. The Morgan fingerprint density at radius 3 is 2.00 bits per heavy atom. The minimum atomic E-state index is -1.44. The van der Waals surface area contributed by atoms with Gasteiger partial charge < -0.3 is 11.5 Å². The molecular formula is C14H14N4O4. The molecular weight excluding hydrogens is 288 g/mol. The van der Waals surface area contributed by atoms with Crippen LogP contribution in [0.3, 0.4) is 0 Å². The molecule has 2 aliphatic heterocycles. The standard InChI is InChI=1S/C14H14N4O4/c1-14(5-4-8(19)17-13(14)22)18-11(20)9-6(15)2-3-7(16)10(9)12(18)21/h2-3H,4-5,15-16H2,1H3,(H,17,19,22). The first-order chi connectivity index (χ1) is 10.3. The van der Waals surface area contributed by atoms with Crippen LogP contribution >= 0.6 is 0 Å². The molecule has 2 heterocycles. The number of rotatable bonds is 1. The number of nitrogens with zero attached hydrogens (tertiary/aromatic N) is 1. The van der Waals surface area contributed by atoms with Crippen LogP contribution in [-0.2, 0) is 9.59 Å². The van der Waals surface area contributed by atoms with Crippen LogP contribution in [0, 0.1) is 0 Å². The van der Waals surface area contributed by atoms with E-state index in [1.807, 2.05) is 0 Å². The van der Waals surface area contributed by atoms with E-state index in [1.54, 1.807) is 0 Å². The Labute approximate surface area is 125 Å². The molecule has 0 bridgehead atoms. The topological polar surface area (TPSA) is 136 Å². The van der Waals surface area contributed by atoms with Crippen molar-refractivity contribution in [3.63, 3.8) is 0 Å². The van der Waals surface area contributed by atoms with Crippen molar-refractivity contribution < 1.29 is 19.2 Å². The highest BCUT2D eigenvalue weighted by atomic mass is 16.2. The fraction of sp³-hybridized carbons (Fsp3) is 0.286. The van der Waals surface area contributed by atoms with E-state index in [1.165, 1.54) is 19.1 Å². The van der Waals surface area contributed by atoms with Crippen LogP contribution in [-0.4, -0.2) is 34.1 Å². The van der Waals surface area contributed by atoms with Gasteiger partial charge in [-0.1, -0.05) is 0 Å². The lowest BCUT2D eigenvalue weighted by Crippen LogP contribution is -2.62. The number of nitrogens with one attached hydrogen (secondary N) is 1. The maximum Gasteiger partial charge on any atom is 0.264 e. The van der Waals surface area contributed by atoms with Gasteiger partial charge in [0.2, 0.25) is 5.91 Å². The van der Waals surface area contributed by atoms with Gasteiger partial charge in [0.05, 0.1) is 11.1 Å². The zero-order chi connectivity index (χ0) is 16.2. The van der Waals surface area contributed by atoms with Crippen molar-refractivity contribution in [3.8, 4) is 0 Å². The number of imide groups is 2. The van der Waals surface area contributed by atoms with Crippen LogP contribution in [0.1, 0.15) is 40.5 Å². The number of benzene rings is 1. The second-order valence-corrected chi connectivity index (χ2v) is 5.59. The summed E-state index contributed by atoms with van der Waals surface area (Å²) < 4.78 is 0. The molecule has 0 spiro atoms. The highest BCUT2D eigenvalue weighted by molar-refractivity contribution is 6.27. The van der Waals surface area contributed by atoms with Crippen LogP contribution in [0.2, 0.25) is 0 Å². The number of hydrogen-bond donors (Lipinski definition) is 3. The normalized spacial score (nSPS) is 24.5. The van der Waals surface area contributed by atoms with E-state index in [9.17, 15) is 19.2 Å². The van der Waals surface area contributed by atoms with Crippen molar-refractivity contribution in [2.45, 2.75) is 25.3 Å². The minimum Gasteiger partial charge on any atom is -0.398 e. The summed E-state index contributed by atoms with van der Waals surface area (Å²) in [5.41, 5.74) is 10.4. The van der Waals surface area contributed by atoms with Crippen LogP contribution in [0.25, 0.3) is 0 Å². The third kappa shape index (κ3) is 1.63. The van der Waals surface area contributed by atoms with Gasteiger partial charge in [-0.15, -0.1) is 0 Å². The van der Waals surface area contributed by atoms with E-state index in [0.717, 1.165) is 4.90 Å². The largest absolute Gasteiger partial charge is 0.398 e. The quantitative estimate of drug-likeness (QED) is 0.479. The summed E-state index contributed by atoms with van der Waals surface area (Å²) in [6.45, 7) is 1.45. The first kappa shape index (κ1) is 14.1. The fourth-order valence-electron chi connectivity index (χ4n) is 2.87. The molecule has 8 nitrogen and oxygen atoms in total. The van der Waals surface area contributed by atoms with E-state index in [0.29, 0.717) is 0 Å². The average molecular weight is 302 g/mol. The Bertz CT molecular complexity index is 716. The fourth-order valence-corrected chi connectivity index (χ4v) is 2.87. The molecule has 1 atom stereocenters. The van der Waals surface area contributed by atoms with Crippen LogP contribution in [0.4, 0.5) is 11.4 Å². The molecule has 5 N–H and O–H groups in total. The number of amides is 4. The zero-order valence-corrected chi connectivity index (χ0v) is 11.8. The van der Waals surface area contributed by atoms with E-state index >= 15 is 0 Å². The lowest BCUT2D eigenvalue weighted by Gasteiger charge is -2.38. The van der Waals surface area contributed by atoms with Crippen molar-refractivity contribution >= 4 is 35.0 Å². The number of hydrogen-bond acceptors (Lipinski definition) is 6. The monoisotopic (exact) mass is 302 g/mol. The SMILES string of the molecule is CC1(N2C(=O)c3c(N)ccc(N)c3C2=O)CCC(=O)NC1=O. The van der Waals surface area contributed by atoms with E-state index in [2.05, 4.69) is 5.32 Å². The van der Waals surface area contributed by atoms with Gasteiger partial charge in [-0.2, -0.15) is 0 Å². The summed E-state index contributed by atoms with van der Waals surface area (Å²) in [6.07, 6.45) is 0.101. The maximum absolute atomic E-state index is 12.6. The molecule has 3 rings (SSSR count). The number of nitrogen functional groups attached to an aromatic ring is 2. The predicted octanol–water partition coefficient (Wildman–Crippen LogP) is -0.358. The smallest absolute Gasteiger partial charge is 0.264 e. The zero-order valence-electron chi connectivity index (χ0n) is 11.8. The Balaban J connectivity index is 2.12. The summed E-state index contributed by atoms with van der Waals surface area (Å²) in [5.74, 6) is -2.46. The summed E-state index contributed by atoms with van der Waals surface area (Å²) in [7, 11) is 0. The highest BCUT2D eigenvalue weighted by Gasteiger charge is 2.53. The van der Waals surface area contributed by atoms with Gasteiger partial charge in [0.1, 0.15) is 5.54 Å². The Morgan fingerprint density at radius 1 is 1.05 bits per heavy atom. The van der Waals surface area contributed by atoms with Gasteiger partial charge in [-0.05, 0) is 25.5 Å². The molecule has 1 aromatic carbocycles. The van der Waals surface area contributed by atoms with Crippen molar-refractivity contribution in [2.24, 2.45) is 0 Å². The molecule has 1 fully saturated rings. The first-order valence-electron chi connectivity index (χ1n) is 6.68.